The van der Waals surface area contributed by atoms with E-state index < -0.39 is 0 Å². The van der Waals surface area contributed by atoms with Crippen molar-refractivity contribution in [3.05, 3.63) is 34.5 Å². The average molecular weight is 234 g/mol. The standard InChI is InChI=1S/C14H16ClN/c15-12-8-5-7-11-10-6-3-1-2-4-9-13(10)16-14(11)12/h5,7-8,16H,1-4,6,9H2. The minimum absolute atomic E-state index is 0.851. The van der Waals surface area contributed by atoms with Crippen LogP contribution in [0.3, 0.4) is 0 Å². The molecule has 0 amide bonds. The molecule has 2 aromatic rings. The van der Waals surface area contributed by atoms with Crippen LogP contribution in [0.4, 0.5) is 0 Å². The number of halogens is 1. The molecule has 84 valence electrons. The summed E-state index contributed by atoms with van der Waals surface area (Å²) in [6.45, 7) is 0. The molecule has 1 aliphatic rings. The van der Waals surface area contributed by atoms with Crippen LogP contribution in [-0.4, -0.2) is 4.98 Å². The van der Waals surface area contributed by atoms with E-state index in [4.69, 9.17) is 11.6 Å². The summed E-state index contributed by atoms with van der Waals surface area (Å²) >= 11 is 6.23. The van der Waals surface area contributed by atoms with Crippen molar-refractivity contribution in [1.82, 2.24) is 4.98 Å². The van der Waals surface area contributed by atoms with Gasteiger partial charge in [-0.1, -0.05) is 36.6 Å². The van der Waals surface area contributed by atoms with Gasteiger partial charge in [0.2, 0.25) is 0 Å². The molecule has 0 spiro atoms. The first-order valence-electron chi connectivity index (χ1n) is 6.14. The fraction of sp³-hybridized carbons (Fsp3) is 0.429. The Morgan fingerprint density at radius 1 is 1.00 bits per heavy atom. The minimum Gasteiger partial charge on any atom is -0.357 e. The van der Waals surface area contributed by atoms with Crippen molar-refractivity contribution in [3.63, 3.8) is 0 Å². The molecular weight excluding hydrogens is 218 g/mol. The normalized spacial score (nSPS) is 16.8. The maximum absolute atomic E-state index is 6.23. The number of aromatic amines is 1. The molecule has 1 aromatic heterocycles. The van der Waals surface area contributed by atoms with Gasteiger partial charge < -0.3 is 4.98 Å². The van der Waals surface area contributed by atoms with Crippen LogP contribution in [0.25, 0.3) is 10.9 Å². The summed E-state index contributed by atoms with van der Waals surface area (Å²) in [6, 6.07) is 6.21. The van der Waals surface area contributed by atoms with Crippen molar-refractivity contribution >= 4 is 22.5 Å². The second-order valence-electron chi connectivity index (χ2n) is 4.66. The molecule has 0 saturated heterocycles. The predicted molar refractivity (Wildman–Crippen MR) is 69.2 cm³/mol. The first-order chi connectivity index (χ1) is 7.86. The second kappa shape index (κ2) is 4.14. The van der Waals surface area contributed by atoms with Gasteiger partial charge in [0.25, 0.3) is 0 Å². The highest BCUT2D eigenvalue weighted by Gasteiger charge is 2.14. The summed E-state index contributed by atoms with van der Waals surface area (Å²) in [7, 11) is 0. The molecule has 0 radical (unpaired) electrons. The molecule has 1 heterocycles. The Labute approximate surface area is 101 Å². The Balaban J connectivity index is 2.20. The summed E-state index contributed by atoms with van der Waals surface area (Å²) in [6.07, 6.45) is 7.73. The highest BCUT2D eigenvalue weighted by Crippen LogP contribution is 2.31. The zero-order chi connectivity index (χ0) is 11.0. The van der Waals surface area contributed by atoms with E-state index >= 15 is 0 Å². The highest BCUT2D eigenvalue weighted by molar-refractivity contribution is 6.35. The summed E-state index contributed by atoms with van der Waals surface area (Å²) in [5.41, 5.74) is 4.07. The third kappa shape index (κ3) is 1.63. The monoisotopic (exact) mass is 233 g/mol. The van der Waals surface area contributed by atoms with Crippen LogP contribution in [0.5, 0.6) is 0 Å². The number of hydrogen-bond donors (Lipinski definition) is 1. The van der Waals surface area contributed by atoms with Crippen molar-refractivity contribution in [2.24, 2.45) is 0 Å². The third-order valence-corrected chi connectivity index (χ3v) is 3.90. The lowest BCUT2D eigenvalue weighted by Crippen LogP contribution is -1.97. The lowest BCUT2D eigenvalue weighted by molar-refractivity contribution is 0.614. The van der Waals surface area contributed by atoms with E-state index in [2.05, 4.69) is 17.1 Å². The van der Waals surface area contributed by atoms with Crippen LogP contribution >= 0.6 is 11.6 Å². The second-order valence-corrected chi connectivity index (χ2v) is 5.07. The number of rotatable bonds is 0. The molecule has 1 aliphatic carbocycles. The van der Waals surface area contributed by atoms with E-state index in [1.54, 1.807) is 0 Å². The van der Waals surface area contributed by atoms with Crippen LogP contribution in [0.1, 0.15) is 36.9 Å². The van der Waals surface area contributed by atoms with Crippen LogP contribution in [0, 0.1) is 0 Å². The number of hydrogen-bond acceptors (Lipinski definition) is 0. The molecule has 0 aliphatic heterocycles. The first kappa shape index (κ1) is 10.2. The Morgan fingerprint density at radius 3 is 2.69 bits per heavy atom. The zero-order valence-corrected chi connectivity index (χ0v) is 10.1. The molecule has 1 aromatic carbocycles. The Kier molecular flexibility index (Phi) is 2.64. The number of H-pyrrole nitrogens is 1. The smallest absolute Gasteiger partial charge is 0.0648 e. The van der Waals surface area contributed by atoms with Gasteiger partial charge in [0.15, 0.2) is 0 Å². The van der Waals surface area contributed by atoms with Gasteiger partial charge in [-0.15, -0.1) is 0 Å². The summed E-state index contributed by atoms with van der Waals surface area (Å²) in [5, 5.41) is 2.19. The lowest BCUT2D eigenvalue weighted by Gasteiger charge is -2.09. The van der Waals surface area contributed by atoms with Gasteiger partial charge in [-0.05, 0) is 37.3 Å². The number of fused-ring (bicyclic) bond motifs is 3. The topological polar surface area (TPSA) is 15.8 Å². The molecule has 0 saturated carbocycles. The molecule has 1 nitrogen and oxygen atoms in total. The third-order valence-electron chi connectivity index (χ3n) is 3.58. The van der Waals surface area contributed by atoms with E-state index in [1.807, 2.05) is 6.07 Å². The van der Waals surface area contributed by atoms with Gasteiger partial charge in [-0.3, -0.25) is 0 Å². The van der Waals surface area contributed by atoms with Gasteiger partial charge in [-0.2, -0.15) is 0 Å². The molecule has 3 rings (SSSR count). The summed E-state index contributed by atoms with van der Waals surface area (Å²) < 4.78 is 0. The molecule has 0 fully saturated rings. The van der Waals surface area contributed by atoms with E-state index in [0.29, 0.717) is 0 Å². The maximum Gasteiger partial charge on any atom is 0.0648 e. The van der Waals surface area contributed by atoms with Crippen molar-refractivity contribution in [3.8, 4) is 0 Å². The van der Waals surface area contributed by atoms with Crippen LogP contribution < -0.4 is 0 Å². The van der Waals surface area contributed by atoms with E-state index in [9.17, 15) is 0 Å². The largest absolute Gasteiger partial charge is 0.357 e. The predicted octanol–water partition coefficient (Wildman–Crippen LogP) is 4.48. The SMILES string of the molecule is Clc1cccc2c3c([nH]c12)CCCCCC3. The number of nitrogens with one attached hydrogen (secondary N) is 1. The van der Waals surface area contributed by atoms with Crippen molar-refractivity contribution < 1.29 is 0 Å². The summed E-state index contributed by atoms with van der Waals surface area (Å²) in [4.78, 5) is 3.52. The molecule has 16 heavy (non-hydrogen) atoms. The van der Waals surface area contributed by atoms with Crippen LogP contribution in [0.2, 0.25) is 5.02 Å². The molecule has 0 bridgehead atoms. The Bertz CT molecular complexity index is 513. The fourth-order valence-electron chi connectivity index (χ4n) is 2.75. The molecule has 0 unspecified atom stereocenters. The van der Waals surface area contributed by atoms with Gasteiger partial charge in [0.1, 0.15) is 0 Å². The van der Waals surface area contributed by atoms with Gasteiger partial charge in [-0.25, -0.2) is 0 Å². The number of para-hydroxylation sites is 1. The van der Waals surface area contributed by atoms with Crippen molar-refractivity contribution in [1.29, 1.82) is 0 Å². The summed E-state index contributed by atoms with van der Waals surface area (Å²) in [5.74, 6) is 0. The van der Waals surface area contributed by atoms with Crippen LogP contribution in [0.15, 0.2) is 18.2 Å². The molecule has 1 N–H and O–H groups in total. The zero-order valence-electron chi connectivity index (χ0n) is 9.35. The van der Waals surface area contributed by atoms with Crippen molar-refractivity contribution in [2.45, 2.75) is 38.5 Å². The quantitative estimate of drug-likeness (QED) is 0.691. The number of benzene rings is 1. The molecular formula is C14H16ClN. The van der Waals surface area contributed by atoms with Crippen LogP contribution in [-0.2, 0) is 12.8 Å². The van der Waals surface area contributed by atoms with E-state index in [-0.39, 0.29) is 0 Å². The molecule has 2 heteroatoms. The van der Waals surface area contributed by atoms with Gasteiger partial charge in [0.05, 0.1) is 10.5 Å². The number of aromatic nitrogens is 1. The highest BCUT2D eigenvalue weighted by atomic mass is 35.5. The minimum atomic E-state index is 0.851. The Morgan fingerprint density at radius 2 is 1.81 bits per heavy atom. The number of aryl methyl sites for hydroxylation is 2. The van der Waals surface area contributed by atoms with Crippen molar-refractivity contribution in [2.75, 3.05) is 0 Å². The lowest BCUT2D eigenvalue weighted by atomic mass is 9.97. The van der Waals surface area contributed by atoms with E-state index in [0.717, 1.165) is 10.5 Å². The van der Waals surface area contributed by atoms with Gasteiger partial charge in [0, 0.05) is 11.1 Å². The molecule has 0 atom stereocenters. The fourth-order valence-corrected chi connectivity index (χ4v) is 2.97. The van der Waals surface area contributed by atoms with Gasteiger partial charge >= 0.3 is 0 Å². The first-order valence-corrected chi connectivity index (χ1v) is 6.52. The maximum atomic E-state index is 6.23. The van der Waals surface area contributed by atoms with E-state index in [1.165, 1.54) is 55.2 Å². The Hall–Kier alpha value is -0.950. The average Bonchev–Trinajstić information content (AvgIpc) is 2.57.